The van der Waals surface area contributed by atoms with Gasteiger partial charge in [-0.05, 0) is 19.3 Å². The minimum atomic E-state index is -3.96. The molecule has 0 aromatic heterocycles. The molecule has 0 fully saturated rings. The third kappa shape index (κ3) is 7.14. The first-order chi connectivity index (χ1) is 7.82. The number of aliphatic hydroxyl groups excluding tert-OH is 1. The van der Waals surface area contributed by atoms with Crippen LogP contribution in [0.25, 0.3) is 0 Å². The van der Waals surface area contributed by atoms with Crippen LogP contribution in [0.1, 0.15) is 27.2 Å². The van der Waals surface area contributed by atoms with E-state index < -0.39 is 22.3 Å². The van der Waals surface area contributed by atoms with E-state index in [0.29, 0.717) is 0 Å². The second kappa shape index (κ2) is 7.46. The molecule has 0 aromatic carbocycles. The first-order valence-corrected chi connectivity index (χ1v) is 6.88. The topological polar surface area (TPSA) is 105 Å². The Labute approximate surface area is 102 Å². The van der Waals surface area contributed by atoms with E-state index >= 15 is 0 Å². The number of carbonyl (C=O) groups excluding carboxylic acids is 1. The minimum absolute atomic E-state index is 0.000852. The summed E-state index contributed by atoms with van der Waals surface area (Å²) in [5.74, 6) is 0.000852. The molecule has 1 amide bonds. The third-order valence-electron chi connectivity index (χ3n) is 2.04. The lowest BCUT2D eigenvalue weighted by molar-refractivity contribution is 0.158. The molecule has 1 unspecified atom stereocenters. The van der Waals surface area contributed by atoms with Gasteiger partial charge in [-0.3, -0.25) is 0 Å². The van der Waals surface area contributed by atoms with E-state index in [1.807, 2.05) is 13.8 Å². The Hall–Kier alpha value is -0.860. The molecule has 0 aliphatic carbocycles. The van der Waals surface area contributed by atoms with E-state index in [0.717, 1.165) is 0 Å². The third-order valence-corrected chi connectivity index (χ3v) is 3.09. The van der Waals surface area contributed by atoms with E-state index in [1.54, 1.807) is 11.6 Å². The summed E-state index contributed by atoms with van der Waals surface area (Å²) in [5, 5.41) is 8.80. The number of rotatable bonds is 7. The molecule has 0 aliphatic rings. The van der Waals surface area contributed by atoms with Crippen molar-refractivity contribution in [3.05, 3.63) is 0 Å². The summed E-state index contributed by atoms with van der Waals surface area (Å²) in [7, 11) is -3.96. The number of aliphatic hydroxyl groups is 1. The summed E-state index contributed by atoms with van der Waals surface area (Å²) in [5.41, 5.74) is 0. The van der Waals surface area contributed by atoms with Crippen molar-refractivity contribution in [2.24, 2.45) is 5.92 Å². The quantitative estimate of drug-likeness (QED) is 0.601. The van der Waals surface area contributed by atoms with Crippen LogP contribution in [0.5, 0.6) is 0 Å². The molecule has 0 heterocycles. The lowest BCUT2D eigenvalue weighted by Gasteiger charge is -2.21. The molecule has 0 aromatic rings. The average molecular weight is 268 g/mol. The Kier molecular flexibility index (Phi) is 7.09. The van der Waals surface area contributed by atoms with Crippen molar-refractivity contribution < 1.29 is 23.1 Å². The monoisotopic (exact) mass is 268 g/mol. The number of hydrogen-bond donors (Lipinski definition) is 3. The van der Waals surface area contributed by atoms with Crippen LogP contribution < -0.4 is 9.44 Å². The first-order valence-electron chi connectivity index (χ1n) is 5.40. The van der Waals surface area contributed by atoms with Gasteiger partial charge in [-0.2, -0.15) is 13.1 Å². The van der Waals surface area contributed by atoms with E-state index in [4.69, 9.17) is 5.11 Å². The maximum Gasteiger partial charge on any atom is 0.421 e. The highest BCUT2D eigenvalue weighted by Crippen LogP contribution is 2.06. The predicted molar refractivity (Wildman–Crippen MR) is 62.5 cm³/mol. The van der Waals surface area contributed by atoms with Crippen LogP contribution in [0.4, 0.5) is 4.79 Å². The van der Waals surface area contributed by atoms with Gasteiger partial charge in [0, 0.05) is 12.6 Å². The number of hydrogen-bond acceptors (Lipinski definition) is 5. The fraction of sp³-hybridized carbons (Fsp3) is 0.889. The Morgan fingerprint density at radius 3 is 2.41 bits per heavy atom. The molecule has 0 aliphatic heterocycles. The molecule has 0 saturated carbocycles. The number of carbonyl (C=O) groups is 1. The zero-order chi connectivity index (χ0) is 13.5. The highest BCUT2D eigenvalue weighted by molar-refractivity contribution is 7.88. The Morgan fingerprint density at radius 2 is 2.00 bits per heavy atom. The fourth-order valence-electron chi connectivity index (χ4n) is 1.17. The highest BCUT2D eigenvalue weighted by atomic mass is 32.2. The second-order valence-corrected chi connectivity index (χ2v) is 5.25. The average Bonchev–Trinajstić information content (AvgIpc) is 2.15. The summed E-state index contributed by atoms with van der Waals surface area (Å²) < 4.78 is 31.5. The molecule has 0 rings (SSSR count). The molecule has 3 N–H and O–H groups in total. The van der Waals surface area contributed by atoms with Gasteiger partial charge in [0.15, 0.2) is 0 Å². The van der Waals surface area contributed by atoms with Gasteiger partial charge in [-0.1, -0.05) is 13.8 Å². The smallest absolute Gasteiger partial charge is 0.421 e. The molecule has 102 valence electrons. The van der Waals surface area contributed by atoms with Gasteiger partial charge in [0.2, 0.25) is 0 Å². The van der Waals surface area contributed by atoms with E-state index in [2.05, 4.69) is 9.46 Å². The molecule has 0 bridgehead atoms. The van der Waals surface area contributed by atoms with Crippen LogP contribution in [0.3, 0.4) is 0 Å². The van der Waals surface area contributed by atoms with E-state index in [9.17, 15) is 13.2 Å². The maximum absolute atomic E-state index is 11.5. The van der Waals surface area contributed by atoms with Crippen LogP contribution >= 0.6 is 0 Å². The van der Waals surface area contributed by atoms with Gasteiger partial charge in [-0.15, -0.1) is 0 Å². The maximum atomic E-state index is 11.5. The Morgan fingerprint density at radius 1 is 1.41 bits per heavy atom. The van der Waals surface area contributed by atoms with Gasteiger partial charge in [-0.25, -0.2) is 9.52 Å². The molecule has 0 spiro atoms. The Balaban J connectivity index is 4.45. The first kappa shape index (κ1) is 16.1. The summed E-state index contributed by atoms with van der Waals surface area (Å²) in [6, 6.07) is -0.438. The summed E-state index contributed by atoms with van der Waals surface area (Å²) >= 11 is 0. The van der Waals surface area contributed by atoms with Gasteiger partial charge >= 0.3 is 16.3 Å². The predicted octanol–water partition coefficient (Wildman–Crippen LogP) is -0.0261. The summed E-state index contributed by atoms with van der Waals surface area (Å²) in [6.07, 6.45) is -0.743. The van der Waals surface area contributed by atoms with Crippen molar-refractivity contribution in [1.29, 1.82) is 0 Å². The fourth-order valence-corrected chi connectivity index (χ4v) is 2.29. The summed E-state index contributed by atoms with van der Waals surface area (Å²) in [4.78, 5) is 11.0. The number of ether oxygens (including phenoxy) is 1. The Bertz CT molecular complexity index is 328. The molecule has 8 heteroatoms. The van der Waals surface area contributed by atoms with Gasteiger partial charge in [0.05, 0.1) is 6.61 Å². The van der Waals surface area contributed by atoms with Crippen LogP contribution in [0, 0.1) is 5.92 Å². The summed E-state index contributed by atoms with van der Waals surface area (Å²) in [6.45, 7) is 5.15. The van der Waals surface area contributed by atoms with Gasteiger partial charge in [0.25, 0.3) is 0 Å². The zero-order valence-electron chi connectivity index (χ0n) is 10.3. The van der Waals surface area contributed by atoms with E-state index in [1.165, 1.54) is 0 Å². The molecule has 17 heavy (non-hydrogen) atoms. The lowest BCUT2D eigenvalue weighted by Crippen LogP contribution is -2.47. The van der Waals surface area contributed by atoms with Gasteiger partial charge < -0.3 is 9.84 Å². The van der Waals surface area contributed by atoms with Crippen molar-refractivity contribution >= 4 is 16.3 Å². The SMILES string of the molecule is CCOC(=O)NS(=O)(=O)NC(CCO)C(C)C. The molecule has 1 atom stereocenters. The minimum Gasteiger partial charge on any atom is -0.449 e. The van der Waals surface area contributed by atoms with Crippen molar-refractivity contribution in [2.45, 2.75) is 33.2 Å². The second-order valence-electron chi connectivity index (χ2n) is 3.81. The molecule has 7 nitrogen and oxygen atoms in total. The largest absolute Gasteiger partial charge is 0.449 e. The van der Waals surface area contributed by atoms with Crippen LogP contribution in [-0.2, 0) is 14.9 Å². The molecule has 0 radical (unpaired) electrons. The van der Waals surface area contributed by atoms with Crippen molar-refractivity contribution in [1.82, 2.24) is 9.44 Å². The van der Waals surface area contributed by atoms with Crippen LogP contribution in [0.15, 0.2) is 0 Å². The number of nitrogens with one attached hydrogen (secondary N) is 2. The van der Waals surface area contributed by atoms with Crippen LogP contribution in [0.2, 0.25) is 0 Å². The van der Waals surface area contributed by atoms with E-state index in [-0.39, 0.29) is 25.6 Å². The standard InChI is InChI=1S/C9H20N2O5S/c1-4-16-9(13)11-17(14,15)10-8(5-6-12)7(2)3/h7-8,10,12H,4-6H2,1-3H3,(H,11,13). The van der Waals surface area contributed by atoms with Crippen LogP contribution in [-0.4, -0.2) is 38.9 Å². The molecular weight excluding hydrogens is 248 g/mol. The molecular formula is C9H20N2O5S. The normalized spacial score (nSPS) is 13.5. The number of amides is 1. The van der Waals surface area contributed by atoms with Crippen molar-refractivity contribution in [3.8, 4) is 0 Å². The molecule has 0 saturated heterocycles. The van der Waals surface area contributed by atoms with Gasteiger partial charge in [0.1, 0.15) is 0 Å². The highest BCUT2D eigenvalue weighted by Gasteiger charge is 2.22. The van der Waals surface area contributed by atoms with Crippen molar-refractivity contribution in [3.63, 3.8) is 0 Å². The zero-order valence-corrected chi connectivity index (χ0v) is 11.1. The van der Waals surface area contributed by atoms with Crippen molar-refractivity contribution in [2.75, 3.05) is 13.2 Å². The lowest BCUT2D eigenvalue weighted by atomic mass is 10.0.